The van der Waals surface area contributed by atoms with E-state index in [1.807, 2.05) is 37.6 Å². The molecular weight excluding hydrogens is 294 g/mol. The summed E-state index contributed by atoms with van der Waals surface area (Å²) in [5.41, 5.74) is 0.854. The summed E-state index contributed by atoms with van der Waals surface area (Å²) in [5, 5.41) is 2.96. The molecule has 0 aromatic heterocycles. The fraction of sp³-hybridized carbons (Fsp3) is 0.588. The minimum Gasteiger partial charge on any atom is -0.326 e. The molecule has 5 heteroatoms. The van der Waals surface area contributed by atoms with Gasteiger partial charge in [-0.1, -0.05) is 18.9 Å². The molecule has 1 aliphatic carbocycles. The molecule has 0 unspecified atom stereocenters. The zero-order valence-electron chi connectivity index (χ0n) is 13.8. The van der Waals surface area contributed by atoms with Crippen LogP contribution in [0.15, 0.2) is 29.2 Å². The molecule has 0 radical (unpaired) electrons. The van der Waals surface area contributed by atoms with Crippen LogP contribution < -0.4 is 5.32 Å². The van der Waals surface area contributed by atoms with Crippen LogP contribution in [0, 0.1) is 0 Å². The second-order valence-electron chi connectivity index (χ2n) is 6.00. The molecule has 1 N–H and O–H groups in total. The van der Waals surface area contributed by atoms with E-state index in [-0.39, 0.29) is 6.03 Å². The van der Waals surface area contributed by atoms with Crippen molar-refractivity contribution >= 4 is 23.5 Å². The van der Waals surface area contributed by atoms with Gasteiger partial charge in [0, 0.05) is 36.8 Å². The number of carbonyl (C=O) groups excluding carboxylic acids is 1. The quantitative estimate of drug-likeness (QED) is 0.811. The van der Waals surface area contributed by atoms with Crippen molar-refractivity contribution in [2.75, 3.05) is 38.8 Å². The molecule has 1 aromatic rings. The first kappa shape index (κ1) is 17.2. The van der Waals surface area contributed by atoms with Crippen molar-refractivity contribution in [3.05, 3.63) is 24.3 Å². The van der Waals surface area contributed by atoms with Crippen molar-refractivity contribution in [1.29, 1.82) is 0 Å². The van der Waals surface area contributed by atoms with Crippen molar-refractivity contribution in [1.82, 2.24) is 9.80 Å². The van der Waals surface area contributed by atoms with Gasteiger partial charge < -0.3 is 15.1 Å². The van der Waals surface area contributed by atoms with Crippen LogP contribution in [-0.2, 0) is 0 Å². The highest BCUT2D eigenvalue weighted by atomic mass is 32.2. The molecule has 0 spiro atoms. The predicted octanol–water partition coefficient (Wildman–Crippen LogP) is 3.75. The lowest BCUT2D eigenvalue weighted by Gasteiger charge is -2.27. The Bertz CT molecular complexity index is 489. The largest absolute Gasteiger partial charge is 0.326 e. The second-order valence-corrected chi connectivity index (χ2v) is 6.88. The number of rotatable bonds is 6. The van der Waals surface area contributed by atoms with Gasteiger partial charge in [-0.2, -0.15) is 0 Å². The van der Waals surface area contributed by atoms with E-state index in [9.17, 15) is 4.79 Å². The summed E-state index contributed by atoms with van der Waals surface area (Å²) in [6.07, 6.45) is 7.32. The van der Waals surface area contributed by atoms with Gasteiger partial charge in [0.2, 0.25) is 0 Å². The highest BCUT2D eigenvalue weighted by Crippen LogP contribution is 2.22. The highest BCUT2D eigenvalue weighted by Gasteiger charge is 2.20. The standard InChI is InChI=1S/C17H27N3OS/c1-19(15-8-4-5-9-15)11-12-20(2)17(21)18-14-7-6-10-16(13-14)22-3/h6-7,10,13,15H,4-5,8-9,11-12H2,1-3H3,(H,18,21). The first-order valence-electron chi connectivity index (χ1n) is 7.96. The summed E-state index contributed by atoms with van der Waals surface area (Å²) in [4.78, 5) is 17.5. The molecule has 0 atom stereocenters. The van der Waals surface area contributed by atoms with E-state index in [0.29, 0.717) is 6.04 Å². The zero-order chi connectivity index (χ0) is 15.9. The van der Waals surface area contributed by atoms with Crippen LogP contribution >= 0.6 is 11.8 Å². The van der Waals surface area contributed by atoms with Gasteiger partial charge in [-0.3, -0.25) is 0 Å². The van der Waals surface area contributed by atoms with Crippen LogP contribution in [0.1, 0.15) is 25.7 Å². The zero-order valence-corrected chi connectivity index (χ0v) is 14.7. The Morgan fingerprint density at radius 2 is 2.00 bits per heavy atom. The van der Waals surface area contributed by atoms with Gasteiger partial charge >= 0.3 is 6.03 Å². The second kappa shape index (κ2) is 8.44. The van der Waals surface area contributed by atoms with Gasteiger partial charge in [-0.15, -0.1) is 11.8 Å². The topological polar surface area (TPSA) is 35.6 Å². The summed E-state index contributed by atoms with van der Waals surface area (Å²) in [7, 11) is 4.03. The monoisotopic (exact) mass is 321 g/mol. The van der Waals surface area contributed by atoms with Gasteiger partial charge in [0.25, 0.3) is 0 Å². The summed E-state index contributed by atoms with van der Waals surface area (Å²) in [5.74, 6) is 0. The van der Waals surface area contributed by atoms with Gasteiger partial charge in [0.1, 0.15) is 0 Å². The number of benzene rings is 1. The van der Waals surface area contributed by atoms with E-state index in [4.69, 9.17) is 0 Å². The molecule has 0 saturated heterocycles. The van der Waals surface area contributed by atoms with E-state index in [0.717, 1.165) is 23.7 Å². The normalized spacial score (nSPS) is 15.3. The van der Waals surface area contributed by atoms with Crippen LogP contribution in [0.3, 0.4) is 0 Å². The maximum Gasteiger partial charge on any atom is 0.321 e. The van der Waals surface area contributed by atoms with Crippen LogP contribution in [-0.4, -0.2) is 55.3 Å². The molecular formula is C17H27N3OS. The minimum absolute atomic E-state index is 0.0434. The number of anilines is 1. The van der Waals surface area contributed by atoms with Gasteiger partial charge in [0.05, 0.1) is 0 Å². The van der Waals surface area contributed by atoms with Gasteiger partial charge in [-0.05, 0) is 44.3 Å². The van der Waals surface area contributed by atoms with Gasteiger partial charge in [-0.25, -0.2) is 4.79 Å². The average molecular weight is 321 g/mol. The Morgan fingerprint density at radius 1 is 1.27 bits per heavy atom. The van der Waals surface area contributed by atoms with Crippen LogP contribution in [0.4, 0.5) is 10.5 Å². The van der Waals surface area contributed by atoms with Gasteiger partial charge in [0.15, 0.2) is 0 Å². The highest BCUT2D eigenvalue weighted by molar-refractivity contribution is 7.98. The number of amides is 2. The van der Waals surface area contributed by atoms with Crippen molar-refractivity contribution in [2.45, 2.75) is 36.6 Å². The van der Waals surface area contributed by atoms with E-state index in [1.165, 1.54) is 25.7 Å². The van der Waals surface area contributed by atoms with Crippen molar-refractivity contribution in [3.8, 4) is 0 Å². The summed E-state index contributed by atoms with van der Waals surface area (Å²) < 4.78 is 0. The predicted molar refractivity (Wildman–Crippen MR) is 94.8 cm³/mol. The number of nitrogens with zero attached hydrogens (tertiary/aromatic N) is 2. The Kier molecular flexibility index (Phi) is 6.58. The number of likely N-dealkylation sites (N-methyl/N-ethyl adjacent to an activating group) is 2. The third-order valence-corrected chi connectivity index (χ3v) is 5.13. The molecule has 4 nitrogen and oxygen atoms in total. The summed E-state index contributed by atoms with van der Waals surface area (Å²) in [6.45, 7) is 1.68. The first-order valence-corrected chi connectivity index (χ1v) is 9.19. The van der Waals surface area contributed by atoms with Crippen LogP contribution in [0.25, 0.3) is 0 Å². The molecule has 1 fully saturated rings. The SMILES string of the molecule is CSc1cccc(NC(=O)N(C)CCN(C)C2CCCC2)c1. The van der Waals surface area contributed by atoms with Crippen LogP contribution in [0.2, 0.25) is 0 Å². The van der Waals surface area contributed by atoms with Crippen molar-refractivity contribution in [3.63, 3.8) is 0 Å². The van der Waals surface area contributed by atoms with Crippen LogP contribution in [0.5, 0.6) is 0 Å². The van der Waals surface area contributed by atoms with E-state index >= 15 is 0 Å². The maximum absolute atomic E-state index is 12.2. The minimum atomic E-state index is -0.0434. The fourth-order valence-corrected chi connectivity index (χ4v) is 3.32. The Labute approximate surface area is 138 Å². The molecule has 0 bridgehead atoms. The number of thioether (sulfide) groups is 1. The van der Waals surface area contributed by atoms with E-state index in [2.05, 4.69) is 17.3 Å². The summed E-state index contributed by atoms with van der Waals surface area (Å²) >= 11 is 1.68. The Balaban J connectivity index is 1.78. The number of hydrogen-bond donors (Lipinski definition) is 1. The first-order chi connectivity index (χ1) is 10.6. The third-order valence-electron chi connectivity index (χ3n) is 4.40. The van der Waals surface area contributed by atoms with Crippen molar-refractivity contribution in [2.24, 2.45) is 0 Å². The maximum atomic E-state index is 12.2. The van der Waals surface area contributed by atoms with E-state index in [1.54, 1.807) is 16.7 Å². The lowest BCUT2D eigenvalue weighted by Crippen LogP contribution is -2.40. The Morgan fingerprint density at radius 3 is 2.68 bits per heavy atom. The molecule has 0 heterocycles. The number of nitrogens with one attached hydrogen (secondary N) is 1. The lowest BCUT2D eigenvalue weighted by atomic mass is 10.2. The van der Waals surface area contributed by atoms with Crippen molar-refractivity contribution < 1.29 is 4.79 Å². The lowest BCUT2D eigenvalue weighted by molar-refractivity contribution is 0.198. The molecule has 2 rings (SSSR count). The summed E-state index contributed by atoms with van der Waals surface area (Å²) in [6, 6.07) is 8.60. The molecule has 1 aliphatic rings. The number of hydrogen-bond acceptors (Lipinski definition) is 3. The number of urea groups is 1. The molecule has 1 saturated carbocycles. The fourth-order valence-electron chi connectivity index (χ4n) is 2.86. The molecule has 122 valence electrons. The molecule has 22 heavy (non-hydrogen) atoms. The smallest absolute Gasteiger partial charge is 0.321 e. The number of carbonyl (C=O) groups is 1. The third kappa shape index (κ3) is 4.92. The van der Waals surface area contributed by atoms with E-state index < -0.39 is 0 Å². The molecule has 1 aromatic carbocycles. The molecule has 2 amide bonds. The molecule has 0 aliphatic heterocycles. The average Bonchev–Trinajstić information content (AvgIpc) is 3.06. The Hall–Kier alpha value is -1.20.